The van der Waals surface area contributed by atoms with E-state index in [9.17, 15) is 4.79 Å². The summed E-state index contributed by atoms with van der Waals surface area (Å²) in [5.74, 6) is 0.344. The van der Waals surface area contributed by atoms with Gasteiger partial charge in [0.2, 0.25) is 11.8 Å². The summed E-state index contributed by atoms with van der Waals surface area (Å²) in [6, 6.07) is 3.67. The maximum absolute atomic E-state index is 11.3. The van der Waals surface area contributed by atoms with Crippen LogP contribution in [-0.4, -0.2) is 22.4 Å². The second-order valence-electron chi connectivity index (χ2n) is 3.97. The minimum Gasteiger partial charge on any atom is -0.475 e. The molecule has 0 aliphatic carbocycles. The van der Waals surface area contributed by atoms with Gasteiger partial charge in [0.1, 0.15) is 5.38 Å². The van der Waals surface area contributed by atoms with Crippen molar-refractivity contribution >= 4 is 17.5 Å². The van der Waals surface area contributed by atoms with Gasteiger partial charge < -0.3 is 10.1 Å². The molecule has 1 aromatic heterocycles. The highest BCUT2D eigenvalue weighted by molar-refractivity contribution is 6.30. The van der Waals surface area contributed by atoms with Crippen molar-refractivity contribution in [1.29, 1.82) is 0 Å². The number of pyridine rings is 1. The van der Waals surface area contributed by atoms with Gasteiger partial charge in [-0.3, -0.25) is 4.79 Å². The van der Waals surface area contributed by atoms with E-state index >= 15 is 0 Å². The number of aromatic nitrogens is 1. The molecule has 0 saturated carbocycles. The van der Waals surface area contributed by atoms with Gasteiger partial charge in [0.15, 0.2) is 0 Å². The monoisotopic (exact) mass is 256 g/mol. The predicted molar refractivity (Wildman–Crippen MR) is 67.2 cm³/mol. The molecule has 1 amide bonds. The highest BCUT2D eigenvalue weighted by atomic mass is 35.5. The normalized spacial score (nSPS) is 12.3. The topological polar surface area (TPSA) is 51.2 Å². The van der Waals surface area contributed by atoms with Crippen molar-refractivity contribution in [3.63, 3.8) is 0 Å². The molecule has 1 atom stereocenters. The average molecular weight is 257 g/mol. The summed E-state index contributed by atoms with van der Waals surface area (Å²) in [4.78, 5) is 15.5. The van der Waals surface area contributed by atoms with E-state index in [1.807, 2.05) is 19.9 Å². The van der Waals surface area contributed by atoms with E-state index in [-0.39, 0.29) is 12.0 Å². The summed E-state index contributed by atoms with van der Waals surface area (Å²) in [6.07, 6.45) is 1.71. The summed E-state index contributed by atoms with van der Waals surface area (Å²) in [7, 11) is 0. The summed E-state index contributed by atoms with van der Waals surface area (Å²) in [6.45, 7) is 5.85. The number of nitrogens with zero attached hydrogens (tertiary/aromatic N) is 1. The minimum atomic E-state index is -0.541. The Bertz CT molecular complexity index is 381. The maximum atomic E-state index is 11.3. The van der Waals surface area contributed by atoms with Crippen LogP contribution in [0.3, 0.4) is 0 Å². The Morgan fingerprint density at radius 2 is 2.24 bits per heavy atom. The van der Waals surface area contributed by atoms with Crippen molar-refractivity contribution in [3.8, 4) is 5.88 Å². The molecule has 0 aliphatic rings. The third-order valence-corrected chi connectivity index (χ3v) is 2.21. The average Bonchev–Trinajstić information content (AvgIpc) is 2.26. The molecule has 4 nitrogen and oxygen atoms in total. The maximum Gasteiger partial charge on any atom is 0.238 e. The molecule has 0 aromatic carbocycles. The highest BCUT2D eigenvalue weighted by Crippen LogP contribution is 2.15. The Morgan fingerprint density at radius 1 is 1.53 bits per heavy atom. The van der Waals surface area contributed by atoms with Crippen molar-refractivity contribution in [3.05, 3.63) is 23.9 Å². The molecule has 0 radical (unpaired) electrons. The summed E-state index contributed by atoms with van der Waals surface area (Å²) < 4.78 is 5.54. The minimum absolute atomic E-state index is 0.0475. The second-order valence-corrected chi connectivity index (χ2v) is 4.62. The molecule has 0 aliphatic heterocycles. The fraction of sp³-hybridized carbons (Fsp3) is 0.500. The van der Waals surface area contributed by atoms with Crippen LogP contribution in [0.5, 0.6) is 5.88 Å². The van der Waals surface area contributed by atoms with Gasteiger partial charge in [-0.2, -0.15) is 0 Å². The molecule has 17 heavy (non-hydrogen) atoms. The van der Waals surface area contributed by atoms with E-state index in [0.717, 1.165) is 5.56 Å². The van der Waals surface area contributed by atoms with E-state index in [2.05, 4.69) is 10.3 Å². The quantitative estimate of drug-likeness (QED) is 0.821. The Hall–Kier alpha value is -1.29. The van der Waals surface area contributed by atoms with Gasteiger partial charge in [0.25, 0.3) is 0 Å². The number of halogens is 1. The predicted octanol–water partition coefficient (Wildman–Crippen LogP) is 2.11. The molecule has 0 fully saturated rings. The molecule has 1 aromatic rings. The fourth-order valence-electron chi connectivity index (χ4n) is 1.21. The molecule has 1 N–H and O–H groups in total. The number of ether oxygens (including phenoxy) is 1. The van der Waals surface area contributed by atoms with Crippen molar-refractivity contribution < 1.29 is 9.53 Å². The largest absolute Gasteiger partial charge is 0.475 e. The smallest absolute Gasteiger partial charge is 0.238 e. The molecule has 1 heterocycles. The third kappa shape index (κ3) is 4.61. The number of nitrogens with one attached hydrogen (secondary N) is 1. The number of hydrogen-bond acceptors (Lipinski definition) is 3. The Kier molecular flexibility index (Phi) is 5.22. The number of hydrogen-bond donors (Lipinski definition) is 1. The number of carbonyl (C=O) groups excluding carboxylic acids is 1. The first-order valence-electron chi connectivity index (χ1n) is 5.53. The summed E-state index contributed by atoms with van der Waals surface area (Å²) in [5.41, 5.74) is 0.840. The van der Waals surface area contributed by atoms with Crippen molar-refractivity contribution in [2.45, 2.75) is 38.8 Å². The van der Waals surface area contributed by atoms with E-state index < -0.39 is 5.38 Å². The van der Waals surface area contributed by atoms with Gasteiger partial charge in [0, 0.05) is 18.3 Å². The van der Waals surface area contributed by atoms with Gasteiger partial charge in [0.05, 0.1) is 6.10 Å². The summed E-state index contributed by atoms with van der Waals surface area (Å²) >= 11 is 5.66. The molecule has 0 spiro atoms. The first-order valence-corrected chi connectivity index (χ1v) is 5.96. The summed E-state index contributed by atoms with van der Waals surface area (Å²) in [5, 5.41) is 2.18. The van der Waals surface area contributed by atoms with Crippen LogP contribution in [0.4, 0.5) is 0 Å². The van der Waals surface area contributed by atoms with Crippen molar-refractivity contribution in [1.82, 2.24) is 10.3 Å². The van der Waals surface area contributed by atoms with Gasteiger partial charge in [-0.1, -0.05) is 6.07 Å². The highest BCUT2D eigenvalue weighted by Gasteiger charge is 2.11. The zero-order valence-electron chi connectivity index (χ0n) is 10.2. The number of rotatable bonds is 5. The number of alkyl halides is 1. The van der Waals surface area contributed by atoms with Crippen LogP contribution in [0.1, 0.15) is 26.3 Å². The first-order chi connectivity index (χ1) is 8.00. The zero-order chi connectivity index (χ0) is 12.8. The van der Waals surface area contributed by atoms with Crippen LogP contribution in [0.25, 0.3) is 0 Å². The van der Waals surface area contributed by atoms with Gasteiger partial charge >= 0.3 is 0 Å². The second kappa shape index (κ2) is 6.45. The Balaban J connectivity index is 2.67. The molecule has 1 rings (SSSR count). The van der Waals surface area contributed by atoms with E-state index in [1.165, 1.54) is 0 Å². The molecule has 1 unspecified atom stereocenters. The van der Waals surface area contributed by atoms with Crippen molar-refractivity contribution in [2.24, 2.45) is 0 Å². The SMILES string of the molecule is CC(C)Oc1ncccc1CNC(=O)C(C)Cl. The van der Waals surface area contributed by atoms with Gasteiger partial charge in [-0.15, -0.1) is 11.6 Å². The first kappa shape index (κ1) is 13.8. The van der Waals surface area contributed by atoms with Crippen LogP contribution >= 0.6 is 11.6 Å². The van der Waals surface area contributed by atoms with Crippen LogP contribution in [0, 0.1) is 0 Å². The van der Waals surface area contributed by atoms with E-state index in [4.69, 9.17) is 16.3 Å². The van der Waals surface area contributed by atoms with E-state index in [1.54, 1.807) is 19.2 Å². The molecular formula is C12H17ClN2O2. The lowest BCUT2D eigenvalue weighted by atomic mass is 10.2. The van der Waals surface area contributed by atoms with Crippen molar-refractivity contribution in [2.75, 3.05) is 0 Å². The lowest BCUT2D eigenvalue weighted by Crippen LogP contribution is -2.29. The lowest BCUT2D eigenvalue weighted by Gasteiger charge is -2.13. The standard InChI is InChI=1S/C12H17ClN2O2/c1-8(2)17-12-10(5-4-6-14-12)7-15-11(16)9(3)13/h4-6,8-9H,7H2,1-3H3,(H,15,16). The Labute approximate surface area is 106 Å². The van der Waals surface area contributed by atoms with Gasteiger partial charge in [-0.05, 0) is 26.8 Å². The van der Waals surface area contributed by atoms with Gasteiger partial charge in [-0.25, -0.2) is 4.98 Å². The lowest BCUT2D eigenvalue weighted by molar-refractivity contribution is -0.120. The number of amides is 1. The van der Waals surface area contributed by atoms with Crippen LogP contribution in [0.15, 0.2) is 18.3 Å². The Morgan fingerprint density at radius 3 is 2.82 bits per heavy atom. The van der Waals surface area contributed by atoms with Crippen LogP contribution in [-0.2, 0) is 11.3 Å². The molecule has 5 heteroatoms. The van der Waals surface area contributed by atoms with E-state index in [0.29, 0.717) is 12.4 Å². The van der Waals surface area contributed by atoms with Crippen LogP contribution in [0.2, 0.25) is 0 Å². The molecule has 0 bridgehead atoms. The molecule has 0 saturated heterocycles. The van der Waals surface area contributed by atoms with Crippen LogP contribution < -0.4 is 10.1 Å². The fourth-order valence-corrected chi connectivity index (χ4v) is 1.29. The zero-order valence-corrected chi connectivity index (χ0v) is 11.0. The third-order valence-electron chi connectivity index (χ3n) is 2.01. The molecular weight excluding hydrogens is 240 g/mol. The molecule has 94 valence electrons. The number of carbonyl (C=O) groups is 1.